The Balaban J connectivity index is 1.66. The van der Waals surface area contributed by atoms with Crippen molar-refractivity contribution in [2.45, 2.75) is 12.6 Å². The lowest BCUT2D eigenvalue weighted by molar-refractivity contribution is 0.626. The third-order valence-corrected chi connectivity index (χ3v) is 4.80. The molecule has 1 aromatic heterocycles. The first-order valence-electron chi connectivity index (χ1n) is 7.59. The maximum Gasteiger partial charge on any atom is 0.167 e. The Hall–Kier alpha value is -2.24. The van der Waals surface area contributed by atoms with E-state index in [1.165, 1.54) is 17.0 Å². The first-order valence-corrected chi connectivity index (χ1v) is 8.88. The minimum absolute atomic E-state index is 0.0133. The van der Waals surface area contributed by atoms with Crippen LogP contribution in [-0.2, 0) is 6.54 Å². The van der Waals surface area contributed by atoms with E-state index in [2.05, 4.69) is 34.2 Å². The summed E-state index contributed by atoms with van der Waals surface area (Å²) in [6, 6.07) is 20.7. The second-order valence-electron chi connectivity index (χ2n) is 5.31. The van der Waals surface area contributed by atoms with Crippen LogP contribution in [0.1, 0.15) is 22.0 Å². The Morgan fingerprint density at radius 2 is 1.75 bits per heavy atom. The number of thiophene rings is 1. The molecule has 3 aromatic rings. The smallest absolute Gasteiger partial charge is 0.167 e. The third kappa shape index (κ3) is 4.40. The molecule has 0 amide bonds. The van der Waals surface area contributed by atoms with Crippen molar-refractivity contribution in [3.05, 3.63) is 93.9 Å². The van der Waals surface area contributed by atoms with Gasteiger partial charge in [-0.05, 0) is 46.9 Å². The van der Waals surface area contributed by atoms with Gasteiger partial charge in [0.25, 0.3) is 0 Å². The maximum absolute atomic E-state index is 12.9. The van der Waals surface area contributed by atoms with Crippen LogP contribution in [0.25, 0.3) is 0 Å². The topological polar surface area (TPSA) is 24.1 Å². The summed E-state index contributed by atoms with van der Waals surface area (Å²) in [6.07, 6.45) is 0. The molecule has 0 unspecified atom stereocenters. The summed E-state index contributed by atoms with van der Waals surface area (Å²) in [5.41, 5.74) is 2.14. The van der Waals surface area contributed by atoms with Gasteiger partial charge >= 0.3 is 0 Å². The molecule has 0 aliphatic heterocycles. The van der Waals surface area contributed by atoms with Gasteiger partial charge in [0.15, 0.2) is 5.11 Å². The minimum Gasteiger partial charge on any atom is -0.359 e. The van der Waals surface area contributed by atoms with Gasteiger partial charge in [0.05, 0.1) is 6.04 Å². The molecule has 0 spiro atoms. The quantitative estimate of drug-likeness (QED) is 0.651. The molecule has 1 atom stereocenters. The first kappa shape index (κ1) is 16.6. The standard InChI is InChI=1S/C19H17FN2S2/c20-16-10-8-14(9-11-16)13-21-19(23)22-18(17-7-4-12-24-17)15-5-2-1-3-6-15/h1-12,18H,13H2,(H2,21,22,23)/t18-/m0/s1. The minimum atomic E-state index is -0.235. The van der Waals surface area contributed by atoms with Crippen molar-refractivity contribution >= 4 is 28.7 Å². The van der Waals surface area contributed by atoms with Gasteiger partial charge in [0.1, 0.15) is 5.82 Å². The van der Waals surface area contributed by atoms with Gasteiger partial charge in [0.2, 0.25) is 0 Å². The van der Waals surface area contributed by atoms with Crippen LogP contribution in [-0.4, -0.2) is 5.11 Å². The Bertz CT molecular complexity index is 771. The highest BCUT2D eigenvalue weighted by atomic mass is 32.1. The van der Waals surface area contributed by atoms with Crippen molar-refractivity contribution in [1.29, 1.82) is 0 Å². The number of benzene rings is 2. The Morgan fingerprint density at radius 3 is 2.42 bits per heavy atom. The molecule has 24 heavy (non-hydrogen) atoms. The molecule has 2 aromatic carbocycles. The summed E-state index contributed by atoms with van der Waals surface area (Å²) in [5, 5.41) is 9.19. The molecule has 2 nitrogen and oxygen atoms in total. The van der Waals surface area contributed by atoms with E-state index in [0.29, 0.717) is 11.7 Å². The van der Waals surface area contributed by atoms with Crippen LogP contribution >= 0.6 is 23.6 Å². The second-order valence-corrected chi connectivity index (χ2v) is 6.70. The predicted molar refractivity (Wildman–Crippen MR) is 102 cm³/mol. The maximum atomic E-state index is 12.9. The molecular formula is C19H17FN2S2. The van der Waals surface area contributed by atoms with Crippen molar-refractivity contribution < 1.29 is 4.39 Å². The summed E-state index contributed by atoms with van der Waals surface area (Å²) < 4.78 is 12.9. The summed E-state index contributed by atoms with van der Waals surface area (Å²) in [5.74, 6) is -0.235. The fourth-order valence-electron chi connectivity index (χ4n) is 2.39. The average Bonchev–Trinajstić information content (AvgIpc) is 3.14. The highest BCUT2D eigenvalue weighted by Gasteiger charge is 2.15. The largest absolute Gasteiger partial charge is 0.359 e. The molecule has 2 N–H and O–H groups in total. The van der Waals surface area contributed by atoms with E-state index in [4.69, 9.17) is 12.2 Å². The van der Waals surface area contributed by atoms with E-state index in [1.54, 1.807) is 23.5 Å². The lowest BCUT2D eigenvalue weighted by Gasteiger charge is -2.20. The van der Waals surface area contributed by atoms with Crippen molar-refractivity contribution in [3.63, 3.8) is 0 Å². The molecule has 0 fully saturated rings. The summed E-state index contributed by atoms with van der Waals surface area (Å²) in [7, 11) is 0. The molecule has 0 radical (unpaired) electrons. The summed E-state index contributed by atoms with van der Waals surface area (Å²) >= 11 is 7.13. The Kier molecular flexibility index (Phi) is 5.56. The summed E-state index contributed by atoms with van der Waals surface area (Å²) in [4.78, 5) is 1.20. The SMILES string of the molecule is Fc1ccc(CNC(=S)N[C@@H](c2ccccc2)c2cccs2)cc1. The molecule has 0 bridgehead atoms. The van der Waals surface area contributed by atoms with Crippen molar-refractivity contribution in [2.75, 3.05) is 0 Å². The lowest BCUT2D eigenvalue weighted by atomic mass is 10.1. The second kappa shape index (κ2) is 8.04. The molecule has 5 heteroatoms. The number of hydrogen-bond acceptors (Lipinski definition) is 2. The monoisotopic (exact) mass is 356 g/mol. The highest BCUT2D eigenvalue weighted by Crippen LogP contribution is 2.25. The van der Waals surface area contributed by atoms with Crippen LogP contribution in [0.3, 0.4) is 0 Å². The zero-order valence-electron chi connectivity index (χ0n) is 12.9. The zero-order chi connectivity index (χ0) is 16.8. The lowest BCUT2D eigenvalue weighted by Crippen LogP contribution is -2.37. The average molecular weight is 356 g/mol. The van der Waals surface area contributed by atoms with Gasteiger partial charge in [-0.15, -0.1) is 11.3 Å². The molecule has 0 aliphatic carbocycles. The molecule has 3 rings (SSSR count). The number of hydrogen-bond donors (Lipinski definition) is 2. The molecule has 122 valence electrons. The molecular weight excluding hydrogens is 339 g/mol. The summed E-state index contributed by atoms with van der Waals surface area (Å²) in [6.45, 7) is 0.554. The van der Waals surface area contributed by atoms with Gasteiger partial charge < -0.3 is 10.6 Å². The van der Waals surface area contributed by atoms with Gasteiger partial charge in [0, 0.05) is 11.4 Å². The number of halogens is 1. The van der Waals surface area contributed by atoms with Crippen molar-refractivity contribution in [1.82, 2.24) is 10.6 Å². The highest BCUT2D eigenvalue weighted by molar-refractivity contribution is 7.80. The van der Waals surface area contributed by atoms with Gasteiger partial charge in [-0.25, -0.2) is 4.39 Å². The third-order valence-electron chi connectivity index (χ3n) is 3.60. The zero-order valence-corrected chi connectivity index (χ0v) is 14.5. The fraction of sp³-hybridized carbons (Fsp3) is 0.105. The van der Waals surface area contributed by atoms with Crippen LogP contribution in [0.15, 0.2) is 72.1 Å². The van der Waals surface area contributed by atoms with Crippen LogP contribution < -0.4 is 10.6 Å². The van der Waals surface area contributed by atoms with Gasteiger partial charge in [-0.1, -0.05) is 48.5 Å². The van der Waals surface area contributed by atoms with E-state index in [-0.39, 0.29) is 11.9 Å². The normalized spacial score (nSPS) is 11.7. The number of thiocarbonyl (C=S) groups is 1. The van der Waals surface area contributed by atoms with E-state index in [9.17, 15) is 4.39 Å². The van der Waals surface area contributed by atoms with Gasteiger partial charge in [-0.2, -0.15) is 0 Å². The van der Waals surface area contributed by atoms with E-state index >= 15 is 0 Å². The number of rotatable bonds is 5. The van der Waals surface area contributed by atoms with E-state index in [1.807, 2.05) is 24.3 Å². The van der Waals surface area contributed by atoms with Crippen LogP contribution in [0.4, 0.5) is 4.39 Å². The van der Waals surface area contributed by atoms with Crippen molar-refractivity contribution in [2.24, 2.45) is 0 Å². The van der Waals surface area contributed by atoms with Crippen LogP contribution in [0, 0.1) is 5.82 Å². The first-order chi connectivity index (χ1) is 11.7. The van der Waals surface area contributed by atoms with Crippen molar-refractivity contribution in [3.8, 4) is 0 Å². The van der Waals surface area contributed by atoms with Crippen LogP contribution in [0.2, 0.25) is 0 Å². The molecule has 0 saturated carbocycles. The fourth-order valence-corrected chi connectivity index (χ4v) is 3.38. The predicted octanol–water partition coefficient (Wildman–Crippen LogP) is 4.64. The molecule has 0 aliphatic rings. The Labute approximate surface area is 150 Å². The van der Waals surface area contributed by atoms with E-state index < -0.39 is 0 Å². The Morgan fingerprint density at radius 1 is 1.00 bits per heavy atom. The number of nitrogens with one attached hydrogen (secondary N) is 2. The van der Waals surface area contributed by atoms with Gasteiger partial charge in [-0.3, -0.25) is 0 Å². The van der Waals surface area contributed by atoms with Crippen LogP contribution in [0.5, 0.6) is 0 Å². The molecule has 1 heterocycles. The molecule has 0 saturated heterocycles. The van der Waals surface area contributed by atoms with E-state index in [0.717, 1.165) is 11.1 Å².